The van der Waals surface area contributed by atoms with Crippen molar-refractivity contribution in [3.05, 3.63) is 53.7 Å². The summed E-state index contributed by atoms with van der Waals surface area (Å²) in [5, 5.41) is 3.43. The van der Waals surface area contributed by atoms with E-state index in [1.807, 2.05) is 13.8 Å². The molecule has 2 aromatic carbocycles. The third kappa shape index (κ3) is 4.03. The Bertz CT molecular complexity index is 1110. The van der Waals surface area contributed by atoms with Gasteiger partial charge in [0.05, 0.1) is 11.2 Å². The Morgan fingerprint density at radius 3 is 2.53 bits per heavy atom. The number of unbranched alkanes of at least 4 members (excludes halogenated alkanes) is 3. The number of hydrogen-bond acceptors (Lipinski definition) is 5. The highest BCUT2D eigenvalue weighted by Gasteiger charge is 2.57. The minimum Gasteiger partial charge on any atom is -0.350 e. The zero-order chi connectivity index (χ0) is 22.3. The van der Waals surface area contributed by atoms with Crippen molar-refractivity contribution >= 4 is 21.7 Å². The van der Waals surface area contributed by atoms with Gasteiger partial charge in [-0.3, -0.25) is 0 Å². The minimum atomic E-state index is -0.676. The van der Waals surface area contributed by atoms with Gasteiger partial charge in [0.2, 0.25) is 0 Å². The molecule has 0 amide bonds. The second kappa shape index (κ2) is 8.71. The molecule has 170 valence electrons. The monoisotopic (exact) mass is 435 g/mol. The van der Waals surface area contributed by atoms with E-state index in [0.717, 1.165) is 28.4 Å². The van der Waals surface area contributed by atoms with E-state index in [2.05, 4.69) is 56.3 Å². The Kier molecular flexibility index (Phi) is 5.93. The predicted molar refractivity (Wildman–Crippen MR) is 126 cm³/mol. The van der Waals surface area contributed by atoms with Gasteiger partial charge in [-0.2, -0.15) is 0 Å². The maximum atomic E-state index is 6.46. The third-order valence-corrected chi connectivity index (χ3v) is 6.45. The maximum Gasteiger partial charge on any atom is 0.187 e. The molecule has 0 N–H and O–H groups in total. The van der Waals surface area contributed by atoms with Crippen LogP contribution in [0.25, 0.3) is 21.7 Å². The van der Waals surface area contributed by atoms with Gasteiger partial charge in [-0.25, -0.2) is 4.98 Å². The predicted octanol–water partition coefficient (Wildman–Crippen LogP) is 6.21. The standard InChI is InChI=1S/C27H33NO4/c1-5-6-7-10-15-29-26-25-24(31-27(3,4)32-25)23(30-26)22-19-12-9-8-11-18(19)20-16-17(2)13-14-21(20)28-22/h8-9,11-14,16,23-26H,5-7,10,15H2,1-4H3/t23-,24-,25-,26-/m1/s1. The summed E-state index contributed by atoms with van der Waals surface area (Å²) >= 11 is 0. The van der Waals surface area contributed by atoms with Crippen LogP contribution in [0.5, 0.6) is 0 Å². The van der Waals surface area contributed by atoms with E-state index in [0.29, 0.717) is 6.61 Å². The van der Waals surface area contributed by atoms with Gasteiger partial charge in [-0.05, 0) is 44.7 Å². The van der Waals surface area contributed by atoms with Crippen molar-refractivity contribution in [1.82, 2.24) is 4.98 Å². The van der Waals surface area contributed by atoms with E-state index in [1.54, 1.807) is 0 Å². The van der Waals surface area contributed by atoms with E-state index in [-0.39, 0.29) is 18.3 Å². The number of ether oxygens (including phenoxy) is 4. The van der Waals surface area contributed by atoms with E-state index in [1.165, 1.54) is 30.2 Å². The average molecular weight is 436 g/mol. The van der Waals surface area contributed by atoms with E-state index in [9.17, 15) is 0 Å². The van der Waals surface area contributed by atoms with Crippen LogP contribution in [0.1, 0.15) is 63.8 Å². The van der Waals surface area contributed by atoms with Crippen LogP contribution >= 0.6 is 0 Å². The van der Waals surface area contributed by atoms with Crippen molar-refractivity contribution in [3.63, 3.8) is 0 Å². The number of aryl methyl sites for hydroxylation is 1. The summed E-state index contributed by atoms with van der Waals surface area (Å²) in [6.45, 7) is 8.89. The first-order chi connectivity index (χ1) is 15.5. The van der Waals surface area contributed by atoms with Crippen LogP contribution in [-0.2, 0) is 18.9 Å². The quantitative estimate of drug-likeness (QED) is 0.326. The van der Waals surface area contributed by atoms with Crippen molar-refractivity contribution in [1.29, 1.82) is 0 Å². The zero-order valence-corrected chi connectivity index (χ0v) is 19.5. The Morgan fingerprint density at radius 1 is 0.938 bits per heavy atom. The average Bonchev–Trinajstić information content (AvgIpc) is 3.26. The third-order valence-electron chi connectivity index (χ3n) is 6.45. The molecule has 5 nitrogen and oxygen atoms in total. The number of aromatic nitrogens is 1. The lowest BCUT2D eigenvalue weighted by atomic mass is 9.98. The molecule has 2 aliphatic heterocycles. The number of nitrogens with zero attached hydrogens (tertiary/aromatic N) is 1. The van der Waals surface area contributed by atoms with Gasteiger partial charge in [0.15, 0.2) is 12.1 Å². The van der Waals surface area contributed by atoms with Crippen LogP contribution in [0.3, 0.4) is 0 Å². The molecule has 4 atom stereocenters. The van der Waals surface area contributed by atoms with Crippen LogP contribution in [0, 0.1) is 6.92 Å². The van der Waals surface area contributed by atoms with E-state index < -0.39 is 12.1 Å². The van der Waals surface area contributed by atoms with E-state index >= 15 is 0 Å². The second-order valence-electron chi connectivity index (χ2n) is 9.48. The fourth-order valence-electron chi connectivity index (χ4n) is 4.96. The van der Waals surface area contributed by atoms with Crippen molar-refractivity contribution in [2.45, 2.75) is 83.8 Å². The van der Waals surface area contributed by atoms with E-state index in [4.69, 9.17) is 23.9 Å². The molecule has 2 aliphatic rings. The van der Waals surface area contributed by atoms with Gasteiger partial charge in [0.25, 0.3) is 0 Å². The van der Waals surface area contributed by atoms with Crippen molar-refractivity contribution in [2.75, 3.05) is 6.61 Å². The Labute approximate surface area is 190 Å². The summed E-state index contributed by atoms with van der Waals surface area (Å²) in [5.74, 6) is -0.676. The van der Waals surface area contributed by atoms with Crippen LogP contribution in [0.2, 0.25) is 0 Å². The molecule has 0 bridgehead atoms. The molecule has 0 aliphatic carbocycles. The summed E-state index contributed by atoms with van der Waals surface area (Å²) in [6.07, 6.45) is 3.29. The minimum absolute atomic E-state index is 0.260. The van der Waals surface area contributed by atoms with Crippen molar-refractivity contribution < 1.29 is 18.9 Å². The normalized spacial score (nSPS) is 26.8. The molecule has 5 heteroatoms. The topological polar surface area (TPSA) is 49.8 Å². The van der Waals surface area contributed by atoms with Crippen molar-refractivity contribution in [3.8, 4) is 0 Å². The van der Waals surface area contributed by atoms with Crippen LogP contribution < -0.4 is 0 Å². The first-order valence-electron chi connectivity index (χ1n) is 11.9. The highest BCUT2D eigenvalue weighted by Crippen LogP contribution is 2.47. The lowest BCUT2D eigenvalue weighted by Gasteiger charge is -2.24. The molecule has 32 heavy (non-hydrogen) atoms. The van der Waals surface area contributed by atoms with Gasteiger partial charge in [0, 0.05) is 17.4 Å². The van der Waals surface area contributed by atoms with Crippen LogP contribution in [0.4, 0.5) is 0 Å². The summed E-state index contributed by atoms with van der Waals surface area (Å²) in [5.41, 5.74) is 3.08. The molecule has 5 rings (SSSR count). The number of rotatable bonds is 7. The fourth-order valence-corrected chi connectivity index (χ4v) is 4.96. The van der Waals surface area contributed by atoms with Crippen LogP contribution in [0.15, 0.2) is 42.5 Å². The number of fused-ring (bicyclic) bond motifs is 4. The molecule has 2 saturated heterocycles. The Hall–Kier alpha value is -2.05. The smallest absolute Gasteiger partial charge is 0.187 e. The summed E-state index contributed by atoms with van der Waals surface area (Å²) in [7, 11) is 0. The molecule has 3 heterocycles. The fraction of sp³-hybridized carbons (Fsp3) is 0.519. The summed E-state index contributed by atoms with van der Waals surface area (Å²) in [6, 6.07) is 14.8. The molecule has 0 saturated carbocycles. The summed E-state index contributed by atoms with van der Waals surface area (Å²) < 4.78 is 25.2. The van der Waals surface area contributed by atoms with Gasteiger partial charge < -0.3 is 18.9 Å². The first kappa shape index (κ1) is 21.8. The maximum absolute atomic E-state index is 6.46. The highest BCUT2D eigenvalue weighted by atomic mass is 16.8. The largest absolute Gasteiger partial charge is 0.350 e. The highest BCUT2D eigenvalue weighted by molar-refractivity contribution is 6.07. The summed E-state index contributed by atoms with van der Waals surface area (Å²) in [4.78, 5) is 5.07. The van der Waals surface area contributed by atoms with Gasteiger partial charge in [-0.15, -0.1) is 0 Å². The number of pyridine rings is 1. The molecule has 1 aromatic heterocycles. The first-order valence-corrected chi connectivity index (χ1v) is 11.9. The molecule has 0 unspecified atom stereocenters. The van der Waals surface area contributed by atoms with Crippen molar-refractivity contribution in [2.24, 2.45) is 0 Å². The Morgan fingerprint density at radius 2 is 1.72 bits per heavy atom. The SMILES string of the molecule is CCCCCCO[C@@H]1O[C@H](c2nc3ccc(C)cc3c3ccccc23)[C@H]2OC(C)(C)O[C@@H]12. The zero-order valence-electron chi connectivity index (χ0n) is 19.5. The van der Waals surface area contributed by atoms with Gasteiger partial charge in [-0.1, -0.05) is 62.1 Å². The van der Waals surface area contributed by atoms with Crippen LogP contribution in [-0.4, -0.2) is 35.9 Å². The lowest BCUT2D eigenvalue weighted by Crippen LogP contribution is -2.31. The Balaban J connectivity index is 1.51. The second-order valence-corrected chi connectivity index (χ2v) is 9.48. The van der Waals surface area contributed by atoms with Gasteiger partial charge >= 0.3 is 0 Å². The number of benzene rings is 2. The molecule has 3 aromatic rings. The molecule has 0 radical (unpaired) electrons. The lowest BCUT2D eigenvalue weighted by molar-refractivity contribution is -0.235. The van der Waals surface area contributed by atoms with Gasteiger partial charge in [0.1, 0.15) is 18.3 Å². The molecule has 0 spiro atoms. The number of hydrogen-bond donors (Lipinski definition) is 0. The molecular formula is C27H33NO4. The molecule has 2 fully saturated rings. The molecular weight excluding hydrogens is 402 g/mol.